The smallest absolute Gasteiger partial charge is 0.407 e. The molecule has 2 heterocycles. The van der Waals surface area contributed by atoms with Crippen LogP contribution in [0.4, 0.5) is 4.79 Å². The Labute approximate surface area is 207 Å². The topological polar surface area (TPSA) is 76.8 Å². The quantitative estimate of drug-likeness (QED) is 0.438. The van der Waals surface area contributed by atoms with Crippen molar-refractivity contribution >= 4 is 48.6 Å². The number of aromatic nitrogens is 2. The average molecular weight is 517 g/mol. The van der Waals surface area contributed by atoms with Gasteiger partial charge in [-0.1, -0.05) is 44.0 Å². The molecule has 7 nitrogen and oxygen atoms in total. The van der Waals surface area contributed by atoms with Crippen molar-refractivity contribution in [3.8, 4) is 0 Å². The Hall–Kier alpha value is -1.32. The highest BCUT2D eigenvalue weighted by atomic mass is 35.5. The Morgan fingerprint density at radius 3 is 2.58 bits per heavy atom. The molecule has 1 saturated heterocycles. The van der Waals surface area contributed by atoms with Crippen molar-refractivity contribution in [1.82, 2.24) is 14.5 Å². The van der Waals surface area contributed by atoms with Gasteiger partial charge in [-0.25, -0.2) is 9.78 Å². The summed E-state index contributed by atoms with van der Waals surface area (Å²) in [5.41, 5.74) is 1.61. The first-order valence-corrected chi connectivity index (χ1v) is 15.0. The van der Waals surface area contributed by atoms with E-state index in [1.807, 2.05) is 4.57 Å². The molecular formula is C23H35Cl2N3O4Si. The van der Waals surface area contributed by atoms with Crippen molar-refractivity contribution in [2.24, 2.45) is 0 Å². The fourth-order valence-electron chi connectivity index (χ4n) is 4.16. The van der Waals surface area contributed by atoms with Gasteiger partial charge in [0, 0.05) is 13.7 Å². The molecule has 1 aromatic carbocycles. The first kappa shape index (κ1) is 26.3. The third kappa shape index (κ3) is 5.85. The van der Waals surface area contributed by atoms with Gasteiger partial charge in [0.05, 0.1) is 52.2 Å². The van der Waals surface area contributed by atoms with Gasteiger partial charge in [-0.2, -0.15) is 0 Å². The lowest BCUT2D eigenvalue weighted by Gasteiger charge is -2.46. The fourth-order valence-corrected chi connectivity index (χ4v) is 5.86. The van der Waals surface area contributed by atoms with Gasteiger partial charge in [0.1, 0.15) is 0 Å². The molecule has 1 amide bonds. The maximum atomic E-state index is 12.1. The van der Waals surface area contributed by atoms with Gasteiger partial charge >= 0.3 is 6.09 Å². The Balaban J connectivity index is 1.85. The minimum atomic E-state index is -2.07. The summed E-state index contributed by atoms with van der Waals surface area (Å²) in [4.78, 5) is 18.1. The van der Waals surface area contributed by atoms with Crippen LogP contribution in [0.1, 0.15) is 40.0 Å². The second-order valence-corrected chi connectivity index (χ2v) is 15.9. The van der Waals surface area contributed by atoms with Crippen molar-refractivity contribution in [2.75, 3.05) is 13.7 Å². The number of piperidine rings is 1. The van der Waals surface area contributed by atoms with Gasteiger partial charge in [0.2, 0.25) is 0 Å². The predicted octanol–water partition coefficient (Wildman–Crippen LogP) is 6.28. The number of nitrogens with zero attached hydrogens (tertiary/aromatic N) is 3. The van der Waals surface area contributed by atoms with E-state index in [4.69, 9.17) is 32.4 Å². The number of ether oxygens (including phenoxy) is 1. The van der Waals surface area contributed by atoms with Gasteiger partial charge in [0.15, 0.2) is 8.32 Å². The van der Waals surface area contributed by atoms with Gasteiger partial charge in [0.25, 0.3) is 0 Å². The molecule has 1 aromatic heterocycles. The normalized spacial score (nSPS) is 20.9. The van der Waals surface area contributed by atoms with E-state index in [2.05, 4.69) is 38.8 Å². The zero-order chi connectivity index (χ0) is 24.6. The van der Waals surface area contributed by atoms with E-state index < -0.39 is 14.4 Å². The van der Waals surface area contributed by atoms with Crippen LogP contribution in [-0.4, -0.2) is 65.9 Å². The molecule has 0 aliphatic carbocycles. The molecule has 2 aromatic rings. The van der Waals surface area contributed by atoms with Crippen LogP contribution in [0, 0.1) is 0 Å². The predicted molar refractivity (Wildman–Crippen MR) is 135 cm³/mol. The summed E-state index contributed by atoms with van der Waals surface area (Å²) >= 11 is 12.4. The summed E-state index contributed by atoms with van der Waals surface area (Å²) in [7, 11) is -0.416. The number of hydrogen-bond donors (Lipinski definition) is 1. The zero-order valence-corrected chi connectivity index (χ0v) is 22.8. The molecule has 1 fully saturated rings. The number of halogens is 2. The third-order valence-corrected chi connectivity index (χ3v) is 12.3. The Bertz CT molecular complexity index is 992. The summed E-state index contributed by atoms with van der Waals surface area (Å²) < 4.78 is 14.6. The molecule has 0 bridgehead atoms. The SMILES string of the molecule is COC(C[C@@H]1[C@@H](O[Si](C)(C)C(C)(C)C)CCCN1C(=O)O)Cn1cnc2cc(Cl)c(Cl)cc21. The first-order valence-electron chi connectivity index (χ1n) is 11.3. The number of methoxy groups -OCH3 is 1. The summed E-state index contributed by atoms with van der Waals surface area (Å²) in [5, 5.41) is 10.9. The van der Waals surface area contributed by atoms with E-state index in [9.17, 15) is 9.90 Å². The van der Waals surface area contributed by atoms with E-state index in [0.29, 0.717) is 29.6 Å². The molecule has 1 N–H and O–H groups in total. The van der Waals surface area contributed by atoms with Gasteiger partial charge in [-0.15, -0.1) is 0 Å². The number of carbonyl (C=O) groups is 1. The monoisotopic (exact) mass is 515 g/mol. The minimum Gasteiger partial charge on any atom is -0.465 e. The van der Waals surface area contributed by atoms with E-state index in [1.54, 1.807) is 25.6 Å². The molecule has 184 valence electrons. The molecule has 1 aliphatic heterocycles. The number of rotatable bonds is 7. The number of fused-ring (bicyclic) bond motifs is 1. The number of hydrogen-bond acceptors (Lipinski definition) is 4. The molecule has 10 heteroatoms. The van der Waals surface area contributed by atoms with Crippen molar-refractivity contribution in [3.05, 3.63) is 28.5 Å². The van der Waals surface area contributed by atoms with E-state index in [-0.39, 0.29) is 23.3 Å². The lowest BCUT2D eigenvalue weighted by atomic mass is 9.94. The molecule has 1 unspecified atom stereocenters. The molecule has 1 aliphatic rings. The third-order valence-electron chi connectivity index (χ3n) is 7.12. The number of carboxylic acid groups (broad SMARTS) is 1. The Morgan fingerprint density at radius 2 is 1.97 bits per heavy atom. The van der Waals surface area contributed by atoms with E-state index in [1.165, 1.54) is 4.90 Å². The Kier molecular flexibility index (Phi) is 8.06. The van der Waals surface area contributed by atoms with Crippen LogP contribution in [0.3, 0.4) is 0 Å². The molecular weight excluding hydrogens is 481 g/mol. The van der Waals surface area contributed by atoms with Crippen molar-refractivity contribution in [2.45, 2.75) is 83.0 Å². The second-order valence-electron chi connectivity index (χ2n) is 10.3. The highest BCUT2D eigenvalue weighted by molar-refractivity contribution is 6.74. The van der Waals surface area contributed by atoms with Crippen LogP contribution in [-0.2, 0) is 15.7 Å². The number of likely N-dealkylation sites (tertiary alicyclic amines) is 1. The highest BCUT2D eigenvalue weighted by Gasteiger charge is 2.44. The summed E-state index contributed by atoms with van der Waals surface area (Å²) in [6, 6.07) is 3.27. The maximum Gasteiger partial charge on any atom is 0.407 e. The lowest BCUT2D eigenvalue weighted by Crippen LogP contribution is -2.57. The van der Waals surface area contributed by atoms with Crippen molar-refractivity contribution < 1.29 is 19.1 Å². The molecule has 3 atom stereocenters. The van der Waals surface area contributed by atoms with Crippen LogP contribution in [0.2, 0.25) is 28.2 Å². The Morgan fingerprint density at radius 1 is 1.30 bits per heavy atom. The summed E-state index contributed by atoms with van der Waals surface area (Å²) in [6.07, 6.45) is 2.62. The first-order chi connectivity index (χ1) is 15.3. The van der Waals surface area contributed by atoms with Crippen LogP contribution in [0.25, 0.3) is 11.0 Å². The number of benzene rings is 1. The van der Waals surface area contributed by atoms with Crippen molar-refractivity contribution in [3.63, 3.8) is 0 Å². The van der Waals surface area contributed by atoms with E-state index >= 15 is 0 Å². The molecule has 0 spiro atoms. The average Bonchev–Trinajstić information content (AvgIpc) is 3.08. The largest absolute Gasteiger partial charge is 0.465 e. The molecule has 0 saturated carbocycles. The lowest BCUT2D eigenvalue weighted by molar-refractivity contribution is -0.0137. The minimum absolute atomic E-state index is 0.0416. The number of imidazole rings is 1. The fraction of sp³-hybridized carbons (Fsp3) is 0.652. The standard InChI is InChI=1S/C23H35Cl2N3O4Si/c1-23(2,3)33(5,6)32-21-8-7-9-28(22(29)30)20(21)10-15(31-4)13-27-14-26-18-11-16(24)17(25)12-19(18)27/h11-12,14-15,20-21H,7-10,13H2,1-6H3,(H,29,30)/t15?,20-,21+/m1/s1. The van der Waals surface area contributed by atoms with E-state index in [0.717, 1.165) is 23.9 Å². The molecule has 3 rings (SSSR count). The number of amides is 1. The zero-order valence-electron chi connectivity index (χ0n) is 20.3. The maximum absolute atomic E-state index is 12.1. The van der Waals surface area contributed by atoms with Gasteiger partial charge < -0.3 is 23.7 Å². The second kappa shape index (κ2) is 10.1. The molecule has 0 radical (unpaired) electrons. The highest BCUT2D eigenvalue weighted by Crippen LogP contribution is 2.40. The summed E-state index contributed by atoms with van der Waals surface area (Å²) in [5.74, 6) is 0. The van der Waals surface area contributed by atoms with Gasteiger partial charge in [-0.05, 0) is 49.5 Å². The van der Waals surface area contributed by atoms with Gasteiger partial charge in [-0.3, -0.25) is 0 Å². The molecule has 33 heavy (non-hydrogen) atoms. The van der Waals surface area contributed by atoms with Crippen LogP contribution < -0.4 is 0 Å². The summed E-state index contributed by atoms with van der Waals surface area (Å²) in [6.45, 7) is 12.0. The van der Waals surface area contributed by atoms with Crippen LogP contribution in [0.15, 0.2) is 18.5 Å². The van der Waals surface area contributed by atoms with Crippen molar-refractivity contribution in [1.29, 1.82) is 0 Å². The van der Waals surface area contributed by atoms with Crippen LogP contribution >= 0.6 is 23.2 Å². The van der Waals surface area contributed by atoms with Crippen LogP contribution in [0.5, 0.6) is 0 Å².